The first kappa shape index (κ1) is 5.72. The predicted molar refractivity (Wildman–Crippen MR) is 17.4 cm³/mol. The molecule has 0 aromatic heterocycles. The van der Waals surface area contributed by atoms with Crippen LogP contribution in [0.15, 0.2) is 0 Å². The van der Waals surface area contributed by atoms with E-state index in [1.165, 1.54) is 0 Å². The SMILES string of the molecule is N#COC(=O)ON. The second kappa shape index (κ2) is 2.93. The molecule has 0 aliphatic heterocycles. The summed E-state index contributed by atoms with van der Waals surface area (Å²) in [6.07, 6.45) is -0.142. The predicted octanol–water partition coefficient (Wildman–Crippen LogP) is -0.506. The molecule has 0 aliphatic carbocycles. The van der Waals surface area contributed by atoms with Gasteiger partial charge in [0.2, 0.25) is 0 Å². The van der Waals surface area contributed by atoms with E-state index in [0.717, 1.165) is 6.26 Å². The Morgan fingerprint density at radius 3 is 2.57 bits per heavy atom. The van der Waals surface area contributed by atoms with Gasteiger partial charge in [-0.1, -0.05) is 0 Å². The normalized spacial score (nSPS) is 6.29. The molecule has 0 aromatic carbocycles. The fourth-order valence-corrected chi connectivity index (χ4v) is 0.0613. The van der Waals surface area contributed by atoms with Gasteiger partial charge < -0.3 is 9.57 Å². The number of carbonyl (C=O) groups is 1. The molecule has 2 N–H and O–H groups in total. The molecule has 0 aromatic rings. The zero-order chi connectivity index (χ0) is 5.70. The number of ether oxygens (including phenoxy) is 1. The average molecular weight is 102 g/mol. The molecule has 0 fully saturated rings. The molecule has 0 aliphatic rings. The maximum atomic E-state index is 9.62. The van der Waals surface area contributed by atoms with Crippen LogP contribution in [0.3, 0.4) is 0 Å². The van der Waals surface area contributed by atoms with Crippen molar-refractivity contribution in [2.24, 2.45) is 5.90 Å². The molecule has 38 valence electrons. The molecule has 0 unspecified atom stereocenters. The lowest BCUT2D eigenvalue weighted by Crippen LogP contribution is -2.08. The fraction of sp³-hybridized carbons (Fsp3) is 0. The van der Waals surface area contributed by atoms with E-state index in [9.17, 15) is 4.79 Å². The number of nitrogens with zero attached hydrogens (tertiary/aromatic N) is 1. The molecule has 0 amide bonds. The number of hydrogen-bond donors (Lipinski definition) is 1. The summed E-state index contributed by atoms with van der Waals surface area (Å²) in [7, 11) is 0. The number of nitriles is 1. The van der Waals surface area contributed by atoms with Crippen molar-refractivity contribution in [3.63, 3.8) is 0 Å². The molecule has 0 heterocycles. The maximum Gasteiger partial charge on any atom is 0.543 e. The largest absolute Gasteiger partial charge is 0.543 e. The van der Waals surface area contributed by atoms with Gasteiger partial charge in [-0.05, 0) is 0 Å². The zero-order valence-electron chi connectivity index (χ0n) is 3.25. The summed E-state index contributed by atoms with van der Waals surface area (Å²) in [6.45, 7) is 0. The van der Waals surface area contributed by atoms with Gasteiger partial charge in [-0.2, -0.15) is 5.90 Å². The highest BCUT2D eigenvalue weighted by Crippen LogP contribution is 1.72. The van der Waals surface area contributed by atoms with Gasteiger partial charge in [0.15, 0.2) is 0 Å². The number of nitrogens with two attached hydrogens (primary N) is 1. The first-order valence-electron chi connectivity index (χ1n) is 1.28. The third kappa shape index (κ3) is 2.52. The quantitative estimate of drug-likeness (QED) is 0.253. The van der Waals surface area contributed by atoms with Gasteiger partial charge in [-0.15, -0.1) is 5.26 Å². The van der Waals surface area contributed by atoms with Crippen LogP contribution in [0.2, 0.25) is 0 Å². The van der Waals surface area contributed by atoms with E-state index in [4.69, 9.17) is 5.26 Å². The Kier molecular flexibility index (Phi) is 2.40. The number of carbonyl (C=O) groups excluding carboxylic acids is 1. The maximum absolute atomic E-state index is 9.62. The van der Waals surface area contributed by atoms with Crippen LogP contribution in [0, 0.1) is 11.5 Å². The molecular formula is C2H2N2O3. The van der Waals surface area contributed by atoms with E-state index in [0.29, 0.717) is 0 Å². The van der Waals surface area contributed by atoms with E-state index in [2.05, 4.69) is 15.5 Å². The monoisotopic (exact) mass is 102 g/mol. The summed E-state index contributed by atoms with van der Waals surface area (Å²) in [5.74, 6) is 4.23. The minimum absolute atomic E-state index is 1.06. The second-order valence-electron chi connectivity index (χ2n) is 0.561. The smallest absolute Gasteiger partial charge is 0.340 e. The summed E-state index contributed by atoms with van der Waals surface area (Å²) < 4.78 is 3.51. The highest BCUT2D eigenvalue weighted by atomic mass is 16.8. The van der Waals surface area contributed by atoms with Crippen molar-refractivity contribution in [2.45, 2.75) is 0 Å². The van der Waals surface area contributed by atoms with Crippen LogP contribution in [0.4, 0.5) is 4.79 Å². The van der Waals surface area contributed by atoms with Gasteiger partial charge in [-0.25, -0.2) is 4.79 Å². The Bertz CT molecular complexity index is 104. The summed E-state index contributed by atoms with van der Waals surface area (Å²) in [5.41, 5.74) is 0. The Labute approximate surface area is 39.2 Å². The molecule has 7 heavy (non-hydrogen) atoms. The number of hydrogen-bond acceptors (Lipinski definition) is 5. The standard InChI is InChI=1S/C2H2N2O3/c3-1-6-2(5)7-4/h4H2. The van der Waals surface area contributed by atoms with Crippen LogP contribution in [0.1, 0.15) is 0 Å². The van der Waals surface area contributed by atoms with Crippen LogP contribution >= 0.6 is 0 Å². The van der Waals surface area contributed by atoms with Gasteiger partial charge in [0, 0.05) is 0 Å². The molecular weight excluding hydrogens is 100 g/mol. The molecule has 0 rings (SSSR count). The van der Waals surface area contributed by atoms with Crippen LogP contribution in [0.5, 0.6) is 0 Å². The fourth-order valence-electron chi connectivity index (χ4n) is 0.0613. The molecule has 0 atom stereocenters. The van der Waals surface area contributed by atoms with Crippen molar-refractivity contribution in [2.75, 3.05) is 0 Å². The minimum atomic E-state index is -1.21. The first-order chi connectivity index (χ1) is 3.31. The van der Waals surface area contributed by atoms with Gasteiger partial charge in [0.1, 0.15) is 0 Å². The topological polar surface area (TPSA) is 85.3 Å². The van der Waals surface area contributed by atoms with Crippen molar-refractivity contribution in [3.05, 3.63) is 0 Å². The molecule has 0 radical (unpaired) electrons. The molecule has 0 saturated heterocycles. The molecule has 5 nitrogen and oxygen atoms in total. The van der Waals surface area contributed by atoms with Gasteiger partial charge in [0.25, 0.3) is 6.26 Å². The Morgan fingerprint density at radius 2 is 2.43 bits per heavy atom. The van der Waals surface area contributed by atoms with Crippen LogP contribution in [-0.2, 0) is 9.57 Å². The second-order valence-corrected chi connectivity index (χ2v) is 0.561. The van der Waals surface area contributed by atoms with Crippen molar-refractivity contribution < 1.29 is 14.4 Å². The van der Waals surface area contributed by atoms with E-state index in [1.54, 1.807) is 0 Å². The lowest BCUT2D eigenvalue weighted by atomic mass is 11.3. The van der Waals surface area contributed by atoms with Crippen LogP contribution in [-0.4, -0.2) is 6.16 Å². The summed E-state index contributed by atoms with van der Waals surface area (Å²) in [5, 5.41) is 7.54. The lowest BCUT2D eigenvalue weighted by molar-refractivity contribution is 0.0895. The average Bonchev–Trinajstić information content (AvgIpc) is 1.68. The Hall–Kier alpha value is -1.28. The third-order valence-corrected chi connectivity index (χ3v) is 0.225. The van der Waals surface area contributed by atoms with Crippen molar-refractivity contribution in [1.29, 1.82) is 5.26 Å². The highest BCUT2D eigenvalue weighted by Gasteiger charge is 1.95. The molecule has 0 bridgehead atoms. The van der Waals surface area contributed by atoms with E-state index >= 15 is 0 Å². The van der Waals surface area contributed by atoms with Gasteiger partial charge >= 0.3 is 6.16 Å². The highest BCUT2D eigenvalue weighted by molar-refractivity contribution is 5.60. The summed E-state index contributed by atoms with van der Waals surface area (Å²) >= 11 is 0. The Balaban J connectivity index is 3.23. The van der Waals surface area contributed by atoms with Crippen LogP contribution < -0.4 is 5.90 Å². The molecule has 0 spiro atoms. The summed E-state index contributed by atoms with van der Waals surface area (Å²) in [6, 6.07) is 0. The minimum Gasteiger partial charge on any atom is -0.340 e. The Morgan fingerprint density at radius 1 is 1.86 bits per heavy atom. The van der Waals surface area contributed by atoms with Crippen LogP contribution in [0.25, 0.3) is 0 Å². The molecule has 0 saturated carbocycles. The lowest BCUT2D eigenvalue weighted by Gasteiger charge is -1.84. The third-order valence-electron chi connectivity index (χ3n) is 0.225. The van der Waals surface area contributed by atoms with Gasteiger partial charge in [-0.3, -0.25) is 0 Å². The van der Waals surface area contributed by atoms with Gasteiger partial charge in [0.05, 0.1) is 0 Å². The zero-order valence-corrected chi connectivity index (χ0v) is 3.25. The van der Waals surface area contributed by atoms with E-state index < -0.39 is 6.16 Å². The molecule has 5 heteroatoms. The number of rotatable bonds is 0. The van der Waals surface area contributed by atoms with Crippen molar-refractivity contribution in [3.8, 4) is 6.26 Å². The van der Waals surface area contributed by atoms with Crippen molar-refractivity contribution >= 4 is 6.16 Å². The van der Waals surface area contributed by atoms with E-state index in [-0.39, 0.29) is 0 Å². The van der Waals surface area contributed by atoms with Crippen molar-refractivity contribution in [1.82, 2.24) is 0 Å². The summed E-state index contributed by atoms with van der Waals surface area (Å²) in [4.78, 5) is 13.0. The first-order valence-corrected chi connectivity index (χ1v) is 1.28. The van der Waals surface area contributed by atoms with E-state index in [1.807, 2.05) is 0 Å².